The van der Waals surface area contributed by atoms with Crippen LogP contribution in [-0.2, 0) is 18.6 Å². The fourth-order valence-electron chi connectivity index (χ4n) is 2.14. The molecule has 12 heteroatoms. The predicted octanol–water partition coefficient (Wildman–Crippen LogP) is -2.08. The van der Waals surface area contributed by atoms with Crippen molar-refractivity contribution in [3.8, 4) is 0 Å². The highest BCUT2D eigenvalue weighted by Crippen LogP contribution is 2.44. The zero-order valence-corrected chi connectivity index (χ0v) is 12.3. The number of nitrogens with one attached hydrogen (secondary N) is 1. The molecule has 1 aromatic heterocycles. The lowest BCUT2D eigenvalue weighted by Gasteiger charge is -2.22. The van der Waals surface area contributed by atoms with E-state index in [1.54, 1.807) is 0 Å². The highest BCUT2D eigenvalue weighted by Gasteiger charge is 2.48. The zero-order chi connectivity index (χ0) is 16.5. The summed E-state index contributed by atoms with van der Waals surface area (Å²) in [4.78, 5) is 42.7. The van der Waals surface area contributed by atoms with Gasteiger partial charge >= 0.3 is 13.5 Å². The van der Waals surface area contributed by atoms with E-state index in [0.29, 0.717) is 0 Å². The van der Waals surface area contributed by atoms with Gasteiger partial charge in [-0.2, -0.15) is 0 Å². The van der Waals surface area contributed by atoms with Crippen LogP contribution < -0.4 is 11.2 Å². The molecule has 11 nitrogen and oxygen atoms in total. The van der Waals surface area contributed by atoms with Gasteiger partial charge in [-0.3, -0.25) is 18.9 Å². The molecule has 1 aliphatic heterocycles. The average molecular weight is 338 g/mol. The Kier molecular flexibility index (Phi) is 4.97. The third-order valence-corrected chi connectivity index (χ3v) is 3.55. The number of ether oxygens (including phenoxy) is 2. The van der Waals surface area contributed by atoms with Crippen molar-refractivity contribution in [2.75, 3.05) is 13.7 Å². The van der Waals surface area contributed by atoms with Crippen LogP contribution in [0.2, 0.25) is 0 Å². The molecule has 1 aromatic rings. The molecule has 1 aliphatic rings. The largest absolute Gasteiger partial charge is 0.470 e. The third kappa shape index (κ3) is 3.70. The molecule has 0 spiro atoms. The average Bonchev–Trinajstić information content (AvgIpc) is 2.67. The molecule has 0 bridgehead atoms. The number of aliphatic hydroxyl groups excluding tert-OH is 1. The van der Waals surface area contributed by atoms with Gasteiger partial charge in [0, 0.05) is 19.4 Å². The molecular formula is C10H15N2O9P. The first-order valence-electron chi connectivity index (χ1n) is 6.11. The second-order valence-electron chi connectivity index (χ2n) is 4.59. The van der Waals surface area contributed by atoms with Crippen LogP contribution in [0.5, 0.6) is 0 Å². The van der Waals surface area contributed by atoms with E-state index in [1.165, 1.54) is 7.11 Å². The lowest BCUT2D eigenvalue weighted by Crippen LogP contribution is -2.38. The van der Waals surface area contributed by atoms with Crippen molar-refractivity contribution in [2.24, 2.45) is 0 Å². The Bertz CT molecular complexity index is 679. The molecule has 2 rings (SSSR count). The summed E-state index contributed by atoms with van der Waals surface area (Å²) in [5.74, 6) is 0. The molecule has 0 radical (unpaired) electrons. The number of H-pyrrole nitrogens is 1. The Hall–Kier alpha value is -1.33. The normalized spacial score (nSPS) is 28.9. The SMILES string of the molecule is COC[C@H]1O[C@@H](n2ccc(=O)[nH]c2=O)[C@H](OP(=O)(O)O)[C@@H]1O. The van der Waals surface area contributed by atoms with Crippen molar-refractivity contribution < 1.29 is 33.5 Å². The van der Waals surface area contributed by atoms with Gasteiger partial charge in [0.15, 0.2) is 6.23 Å². The van der Waals surface area contributed by atoms with Gasteiger partial charge < -0.3 is 24.4 Å². The van der Waals surface area contributed by atoms with E-state index in [-0.39, 0.29) is 6.61 Å². The van der Waals surface area contributed by atoms with Gasteiger partial charge in [0.1, 0.15) is 18.3 Å². The Morgan fingerprint density at radius 1 is 1.45 bits per heavy atom. The first-order valence-corrected chi connectivity index (χ1v) is 7.64. The van der Waals surface area contributed by atoms with E-state index in [9.17, 15) is 19.3 Å². The van der Waals surface area contributed by atoms with Gasteiger partial charge in [-0.1, -0.05) is 0 Å². The van der Waals surface area contributed by atoms with Gasteiger partial charge in [0.2, 0.25) is 0 Å². The van der Waals surface area contributed by atoms with Crippen LogP contribution in [0.3, 0.4) is 0 Å². The Morgan fingerprint density at radius 3 is 2.68 bits per heavy atom. The number of hydrogen-bond donors (Lipinski definition) is 4. The quantitative estimate of drug-likeness (QED) is 0.442. The van der Waals surface area contributed by atoms with Crippen LogP contribution in [0.15, 0.2) is 21.9 Å². The van der Waals surface area contributed by atoms with E-state index >= 15 is 0 Å². The van der Waals surface area contributed by atoms with E-state index in [4.69, 9.17) is 19.3 Å². The number of methoxy groups -OCH3 is 1. The second-order valence-corrected chi connectivity index (χ2v) is 5.78. The summed E-state index contributed by atoms with van der Waals surface area (Å²) >= 11 is 0. The number of phosphoric acid groups is 1. The Balaban J connectivity index is 2.39. The molecule has 0 amide bonds. The summed E-state index contributed by atoms with van der Waals surface area (Å²) in [5, 5.41) is 10.1. The number of rotatable bonds is 5. The molecular weight excluding hydrogens is 323 g/mol. The predicted molar refractivity (Wildman–Crippen MR) is 70.0 cm³/mol. The van der Waals surface area contributed by atoms with Crippen LogP contribution >= 0.6 is 7.82 Å². The van der Waals surface area contributed by atoms with Gasteiger partial charge in [0.25, 0.3) is 5.56 Å². The Morgan fingerprint density at radius 2 is 2.14 bits per heavy atom. The van der Waals surface area contributed by atoms with Crippen LogP contribution in [0.1, 0.15) is 6.23 Å². The van der Waals surface area contributed by atoms with E-state index < -0.39 is 43.6 Å². The molecule has 0 unspecified atom stereocenters. The molecule has 22 heavy (non-hydrogen) atoms. The smallest absolute Gasteiger partial charge is 0.387 e. The summed E-state index contributed by atoms with van der Waals surface area (Å²) in [5.41, 5.74) is -1.53. The Labute approximate surface area is 123 Å². The maximum Gasteiger partial charge on any atom is 0.470 e. The summed E-state index contributed by atoms with van der Waals surface area (Å²) in [7, 11) is -3.61. The van der Waals surface area contributed by atoms with Crippen molar-refractivity contribution in [1.29, 1.82) is 0 Å². The highest BCUT2D eigenvalue weighted by molar-refractivity contribution is 7.46. The van der Waals surface area contributed by atoms with Crippen LogP contribution in [-0.4, -0.2) is 56.5 Å². The third-order valence-electron chi connectivity index (χ3n) is 3.03. The maximum atomic E-state index is 11.8. The number of phosphoric ester groups is 1. The first kappa shape index (κ1) is 17.0. The van der Waals surface area contributed by atoms with Crippen LogP contribution in [0.25, 0.3) is 0 Å². The van der Waals surface area contributed by atoms with Crippen molar-refractivity contribution in [3.63, 3.8) is 0 Å². The second kappa shape index (κ2) is 6.42. The summed E-state index contributed by atoms with van der Waals surface area (Å²) in [6, 6.07) is 1.02. The van der Waals surface area contributed by atoms with E-state index in [2.05, 4.69) is 4.52 Å². The van der Waals surface area contributed by atoms with Crippen LogP contribution in [0.4, 0.5) is 0 Å². The van der Waals surface area contributed by atoms with Gasteiger partial charge in [-0.15, -0.1) is 0 Å². The van der Waals surface area contributed by atoms with Crippen molar-refractivity contribution in [1.82, 2.24) is 9.55 Å². The fraction of sp³-hybridized carbons (Fsp3) is 0.600. The minimum Gasteiger partial charge on any atom is -0.387 e. The zero-order valence-electron chi connectivity index (χ0n) is 11.4. The molecule has 4 atom stereocenters. The molecule has 2 heterocycles. The minimum absolute atomic E-state index is 0.0865. The maximum absolute atomic E-state index is 11.8. The van der Waals surface area contributed by atoms with E-state index in [0.717, 1.165) is 16.8 Å². The summed E-state index contributed by atoms with van der Waals surface area (Å²) in [6.45, 7) is -0.0865. The lowest BCUT2D eigenvalue weighted by atomic mass is 10.1. The van der Waals surface area contributed by atoms with Crippen molar-refractivity contribution in [2.45, 2.75) is 24.5 Å². The van der Waals surface area contributed by atoms with Crippen molar-refractivity contribution in [3.05, 3.63) is 33.1 Å². The number of aromatic nitrogens is 2. The van der Waals surface area contributed by atoms with Crippen molar-refractivity contribution >= 4 is 7.82 Å². The number of hydrogen-bond acceptors (Lipinski definition) is 7. The standard InChI is InChI=1S/C10H15N2O9P/c1-19-4-5-7(14)8(21-22(16,17)18)9(20-5)12-3-2-6(13)11-10(12)15/h2-3,5,7-9,14H,4H2,1H3,(H,11,13,15)(H2,16,17,18)/t5-,7-,8-,9-/m1/s1. The monoisotopic (exact) mass is 338 g/mol. The molecule has 1 fully saturated rings. The topological polar surface area (TPSA) is 160 Å². The van der Waals surface area contributed by atoms with Gasteiger partial charge in [0.05, 0.1) is 6.61 Å². The summed E-state index contributed by atoms with van der Waals surface area (Å²) < 4.78 is 26.6. The molecule has 4 N–H and O–H groups in total. The first-order chi connectivity index (χ1) is 10.2. The van der Waals surface area contributed by atoms with Gasteiger partial charge in [-0.05, 0) is 0 Å². The molecule has 0 saturated carbocycles. The minimum atomic E-state index is -4.95. The summed E-state index contributed by atoms with van der Waals surface area (Å²) in [6.07, 6.45) is -4.21. The number of aromatic amines is 1. The van der Waals surface area contributed by atoms with Gasteiger partial charge in [-0.25, -0.2) is 9.36 Å². The number of aliphatic hydroxyl groups is 1. The van der Waals surface area contributed by atoms with Crippen LogP contribution in [0, 0.1) is 0 Å². The fourth-order valence-corrected chi connectivity index (χ4v) is 2.69. The lowest BCUT2D eigenvalue weighted by molar-refractivity contribution is -0.0609. The highest BCUT2D eigenvalue weighted by atomic mass is 31.2. The van der Waals surface area contributed by atoms with E-state index in [1.807, 2.05) is 4.98 Å². The number of nitrogens with zero attached hydrogens (tertiary/aromatic N) is 1. The molecule has 0 aromatic carbocycles. The molecule has 124 valence electrons. The molecule has 0 aliphatic carbocycles. The molecule has 1 saturated heterocycles.